The Morgan fingerprint density at radius 3 is 2.62 bits per heavy atom. The molecule has 4 nitrogen and oxygen atoms in total. The van der Waals surface area contributed by atoms with Gasteiger partial charge in [-0.15, -0.1) is 0 Å². The van der Waals surface area contributed by atoms with Crippen molar-refractivity contribution < 1.29 is 4.79 Å². The minimum atomic E-state index is 0.165. The minimum absolute atomic E-state index is 0.165. The van der Waals surface area contributed by atoms with Crippen molar-refractivity contribution in [1.29, 1.82) is 0 Å². The number of nitrogens with zero attached hydrogens (tertiary/aromatic N) is 1. The molecular weight excluding hydrogens is 202 g/mol. The lowest BCUT2D eigenvalue weighted by Gasteiger charge is -2.14. The molecule has 1 rings (SSSR count). The maximum Gasteiger partial charge on any atom is 0.223 e. The average molecular weight is 223 g/mol. The van der Waals surface area contributed by atoms with Gasteiger partial charge in [0.1, 0.15) is 0 Å². The normalized spacial score (nSPS) is 10.7. The highest BCUT2D eigenvalue weighted by atomic mass is 16.1. The Balaban J connectivity index is 2.36. The number of rotatable bonds is 7. The molecule has 0 aliphatic heterocycles. The van der Waals surface area contributed by atoms with E-state index in [1.807, 2.05) is 6.07 Å². The van der Waals surface area contributed by atoms with Gasteiger partial charge in [-0.25, -0.2) is 0 Å². The van der Waals surface area contributed by atoms with Gasteiger partial charge in [-0.2, -0.15) is 5.10 Å². The lowest BCUT2D eigenvalue weighted by atomic mass is 9.97. The third-order valence-corrected chi connectivity index (χ3v) is 2.66. The summed E-state index contributed by atoms with van der Waals surface area (Å²) in [6, 6.07) is 1.87. The smallest absolute Gasteiger partial charge is 0.223 e. The summed E-state index contributed by atoms with van der Waals surface area (Å²) in [7, 11) is 0. The first-order valence-corrected chi connectivity index (χ1v) is 6.03. The number of carbonyl (C=O) groups is 1. The van der Waals surface area contributed by atoms with Crippen LogP contribution in [0.4, 0.5) is 0 Å². The second kappa shape index (κ2) is 7.04. The monoisotopic (exact) mass is 223 g/mol. The van der Waals surface area contributed by atoms with Crippen molar-refractivity contribution in [2.45, 2.75) is 46.1 Å². The Bertz CT molecular complexity index is 289. The number of hydrogen-bond donors (Lipinski definition) is 2. The van der Waals surface area contributed by atoms with Gasteiger partial charge in [0.25, 0.3) is 0 Å². The van der Waals surface area contributed by atoms with Gasteiger partial charge in [0, 0.05) is 12.1 Å². The summed E-state index contributed by atoms with van der Waals surface area (Å²) in [6.45, 7) is 4.78. The topological polar surface area (TPSA) is 57.8 Å². The fraction of sp³-hybridized carbons (Fsp3) is 0.667. The van der Waals surface area contributed by atoms with Crippen LogP contribution >= 0.6 is 0 Å². The lowest BCUT2D eigenvalue weighted by Crippen LogP contribution is -2.30. The van der Waals surface area contributed by atoms with Crippen molar-refractivity contribution in [2.24, 2.45) is 5.92 Å². The molecule has 0 bridgehead atoms. The Labute approximate surface area is 96.8 Å². The number of aromatic amines is 1. The summed E-state index contributed by atoms with van der Waals surface area (Å²) in [5, 5.41) is 9.62. The van der Waals surface area contributed by atoms with Gasteiger partial charge in [0.05, 0.1) is 12.2 Å². The summed E-state index contributed by atoms with van der Waals surface area (Å²) >= 11 is 0. The highest BCUT2D eigenvalue weighted by Gasteiger charge is 2.15. The maximum atomic E-state index is 11.9. The highest BCUT2D eigenvalue weighted by molar-refractivity contribution is 5.78. The maximum absolute atomic E-state index is 11.9. The van der Waals surface area contributed by atoms with E-state index in [-0.39, 0.29) is 11.8 Å². The molecule has 0 aliphatic carbocycles. The summed E-state index contributed by atoms with van der Waals surface area (Å²) in [4.78, 5) is 11.9. The van der Waals surface area contributed by atoms with E-state index in [9.17, 15) is 4.79 Å². The molecule has 90 valence electrons. The number of nitrogens with one attached hydrogen (secondary N) is 2. The van der Waals surface area contributed by atoms with E-state index in [0.29, 0.717) is 6.54 Å². The highest BCUT2D eigenvalue weighted by Crippen LogP contribution is 2.13. The van der Waals surface area contributed by atoms with Crippen LogP contribution < -0.4 is 5.32 Å². The number of carbonyl (C=O) groups excluding carboxylic acids is 1. The van der Waals surface area contributed by atoms with E-state index in [2.05, 4.69) is 29.4 Å². The van der Waals surface area contributed by atoms with E-state index in [1.165, 1.54) is 0 Å². The fourth-order valence-electron chi connectivity index (χ4n) is 1.81. The Hall–Kier alpha value is -1.32. The Kier molecular flexibility index (Phi) is 5.61. The van der Waals surface area contributed by atoms with Crippen LogP contribution in [0, 0.1) is 5.92 Å². The predicted molar refractivity (Wildman–Crippen MR) is 63.7 cm³/mol. The quantitative estimate of drug-likeness (QED) is 0.744. The van der Waals surface area contributed by atoms with Crippen LogP contribution in [0.1, 0.15) is 45.2 Å². The third kappa shape index (κ3) is 4.04. The largest absolute Gasteiger partial charge is 0.350 e. The van der Waals surface area contributed by atoms with E-state index >= 15 is 0 Å². The predicted octanol–water partition coefficient (Wildman–Crippen LogP) is 2.24. The van der Waals surface area contributed by atoms with Gasteiger partial charge in [-0.1, -0.05) is 26.7 Å². The molecule has 1 aromatic heterocycles. The van der Waals surface area contributed by atoms with Crippen molar-refractivity contribution in [3.8, 4) is 0 Å². The SMILES string of the molecule is CCCC(CCC)C(=O)NCc1ccn[nH]1. The van der Waals surface area contributed by atoms with Gasteiger partial charge in [0.2, 0.25) is 5.91 Å². The van der Waals surface area contributed by atoms with Crippen LogP contribution in [0.25, 0.3) is 0 Å². The summed E-state index contributed by atoms with van der Waals surface area (Å²) in [6.07, 6.45) is 5.76. The molecular formula is C12H21N3O. The molecule has 0 radical (unpaired) electrons. The first-order valence-electron chi connectivity index (χ1n) is 6.03. The van der Waals surface area contributed by atoms with E-state index in [1.54, 1.807) is 6.20 Å². The standard InChI is InChI=1S/C12H21N3O/c1-3-5-10(6-4-2)12(16)13-9-11-7-8-14-15-11/h7-8,10H,3-6,9H2,1-2H3,(H,13,16)(H,14,15). The minimum Gasteiger partial charge on any atom is -0.350 e. The van der Waals surface area contributed by atoms with Crippen LogP contribution in [0.2, 0.25) is 0 Å². The average Bonchev–Trinajstić information content (AvgIpc) is 2.78. The molecule has 0 spiro atoms. The van der Waals surface area contributed by atoms with Crippen LogP contribution in [-0.4, -0.2) is 16.1 Å². The zero-order valence-corrected chi connectivity index (χ0v) is 10.1. The van der Waals surface area contributed by atoms with Crippen LogP contribution in [-0.2, 0) is 11.3 Å². The summed E-state index contributed by atoms with van der Waals surface area (Å²) < 4.78 is 0. The number of aromatic nitrogens is 2. The number of amides is 1. The summed E-state index contributed by atoms with van der Waals surface area (Å²) in [5.41, 5.74) is 0.945. The molecule has 0 saturated heterocycles. The zero-order chi connectivity index (χ0) is 11.8. The van der Waals surface area contributed by atoms with Gasteiger partial charge < -0.3 is 5.32 Å². The molecule has 0 fully saturated rings. The summed E-state index contributed by atoms with van der Waals surface area (Å²) in [5.74, 6) is 0.330. The number of H-pyrrole nitrogens is 1. The molecule has 1 aromatic rings. The third-order valence-electron chi connectivity index (χ3n) is 2.66. The fourth-order valence-corrected chi connectivity index (χ4v) is 1.81. The van der Waals surface area contributed by atoms with Crippen molar-refractivity contribution in [3.63, 3.8) is 0 Å². The molecule has 0 saturated carbocycles. The molecule has 0 atom stereocenters. The Morgan fingerprint density at radius 1 is 1.44 bits per heavy atom. The van der Waals surface area contributed by atoms with E-state index in [4.69, 9.17) is 0 Å². The van der Waals surface area contributed by atoms with Crippen molar-refractivity contribution in [3.05, 3.63) is 18.0 Å². The van der Waals surface area contributed by atoms with Gasteiger partial charge in [-0.05, 0) is 18.9 Å². The van der Waals surface area contributed by atoms with Crippen LogP contribution in [0.15, 0.2) is 12.3 Å². The molecule has 1 amide bonds. The lowest BCUT2D eigenvalue weighted by molar-refractivity contribution is -0.125. The van der Waals surface area contributed by atoms with Gasteiger partial charge in [0.15, 0.2) is 0 Å². The molecule has 0 aliphatic rings. The van der Waals surface area contributed by atoms with Crippen LogP contribution in [0.3, 0.4) is 0 Å². The van der Waals surface area contributed by atoms with Crippen molar-refractivity contribution >= 4 is 5.91 Å². The molecule has 16 heavy (non-hydrogen) atoms. The first kappa shape index (κ1) is 12.7. The van der Waals surface area contributed by atoms with Crippen molar-refractivity contribution in [2.75, 3.05) is 0 Å². The molecule has 4 heteroatoms. The molecule has 1 heterocycles. The zero-order valence-electron chi connectivity index (χ0n) is 10.1. The second-order valence-electron chi connectivity index (χ2n) is 4.07. The molecule has 0 aromatic carbocycles. The molecule has 0 unspecified atom stereocenters. The Morgan fingerprint density at radius 2 is 2.12 bits per heavy atom. The van der Waals surface area contributed by atoms with E-state index in [0.717, 1.165) is 31.4 Å². The van der Waals surface area contributed by atoms with Crippen LogP contribution in [0.5, 0.6) is 0 Å². The van der Waals surface area contributed by atoms with Gasteiger partial charge in [-0.3, -0.25) is 9.89 Å². The van der Waals surface area contributed by atoms with E-state index < -0.39 is 0 Å². The second-order valence-corrected chi connectivity index (χ2v) is 4.07. The van der Waals surface area contributed by atoms with Crippen molar-refractivity contribution in [1.82, 2.24) is 15.5 Å². The molecule has 2 N–H and O–H groups in total. The number of hydrogen-bond acceptors (Lipinski definition) is 2. The van der Waals surface area contributed by atoms with Gasteiger partial charge >= 0.3 is 0 Å². The first-order chi connectivity index (χ1) is 7.77.